The number of aryl methyl sites for hydroxylation is 1. The van der Waals surface area contributed by atoms with Crippen molar-refractivity contribution in [2.24, 2.45) is 5.92 Å². The standard InChI is InChI=1S/C23H25F3O2/c1-2-15-7-8-17(11-20(15)24)27-12-14-3-5-16(6-4-14)18-9-10-19(21-13-28-21)23(26)22(18)25/h7-11,14,16,21H,2-6,12-13H2,1H3. The molecular formula is C23H25F3O2. The maximum Gasteiger partial charge on any atom is 0.165 e. The summed E-state index contributed by atoms with van der Waals surface area (Å²) in [6, 6.07) is 8.38. The topological polar surface area (TPSA) is 21.8 Å². The minimum atomic E-state index is -0.761. The molecule has 2 aromatic carbocycles. The average molecular weight is 390 g/mol. The molecule has 2 nitrogen and oxygen atoms in total. The molecule has 5 heteroatoms. The van der Waals surface area contributed by atoms with E-state index in [0.29, 0.717) is 48.0 Å². The average Bonchev–Trinajstić information content (AvgIpc) is 3.54. The zero-order valence-corrected chi connectivity index (χ0v) is 16.0. The van der Waals surface area contributed by atoms with Gasteiger partial charge in [0.15, 0.2) is 11.6 Å². The molecule has 1 aliphatic carbocycles. The van der Waals surface area contributed by atoms with Crippen LogP contribution in [0.3, 0.4) is 0 Å². The van der Waals surface area contributed by atoms with Crippen LogP contribution in [-0.4, -0.2) is 13.2 Å². The van der Waals surface area contributed by atoms with Gasteiger partial charge < -0.3 is 9.47 Å². The SMILES string of the molecule is CCc1ccc(OCC2CCC(c3ccc(C4CO4)c(F)c3F)CC2)cc1F. The Morgan fingerprint density at radius 1 is 0.964 bits per heavy atom. The first-order chi connectivity index (χ1) is 13.6. The highest BCUT2D eigenvalue weighted by Crippen LogP contribution is 2.40. The second kappa shape index (κ2) is 8.16. The summed E-state index contributed by atoms with van der Waals surface area (Å²) in [7, 11) is 0. The summed E-state index contributed by atoms with van der Waals surface area (Å²) >= 11 is 0. The van der Waals surface area contributed by atoms with E-state index in [1.54, 1.807) is 24.3 Å². The van der Waals surface area contributed by atoms with E-state index in [1.807, 2.05) is 6.92 Å². The second-order valence-electron chi connectivity index (χ2n) is 7.83. The number of benzene rings is 2. The molecule has 0 N–H and O–H groups in total. The van der Waals surface area contributed by atoms with Crippen LogP contribution in [0.4, 0.5) is 13.2 Å². The van der Waals surface area contributed by atoms with Gasteiger partial charge >= 0.3 is 0 Å². The molecule has 2 aromatic rings. The van der Waals surface area contributed by atoms with Crippen LogP contribution in [0, 0.1) is 23.4 Å². The van der Waals surface area contributed by atoms with Gasteiger partial charge in [0.25, 0.3) is 0 Å². The van der Waals surface area contributed by atoms with E-state index in [4.69, 9.17) is 9.47 Å². The molecule has 1 aliphatic heterocycles. The summed E-state index contributed by atoms with van der Waals surface area (Å²) in [6.45, 7) is 2.90. The minimum Gasteiger partial charge on any atom is -0.493 e. The first-order valence-electron chi connectivity index (χ1n) is 10.1. The van der Waals surface area contributed by atoms with E-state index in [-0.39, 0.29) is 17.8 Å². The van der Waals surface area contributed by atoms with Crippen molar-refractivity contribution in [2.75, 3.05) is 13.2 Å². The third-order valence-corrected chi connectivity index (χ3v) is 6.00. The molecule has 0 bridgehead atoms. The molecule has 1 heterocycles. The van der Waals surface area contributed by atoms with Crippen LogP contribution >= 0.6 is 0 Å². The molecule has 0 spiro atoms. The second-order valence-corrected chi connectivity index (χ2v) is 7.83. The van der Waals surface area contributed by atoms with Crippen LogP contribution in [0.1, 0.15) is 61.3 Å². The molecule has 2 fully saturated rings. The van der Waals surface area contributed by atoms with Crippen molar-refractivity contribution in [3.8, 4) is 5.75 Å². The molecule has 0 radical (unpaired) electrons. The number of rotatable bonds is 6. The number of ether oxygens (including phenoxy) is 2. The molecule has 4 rings (SSSR count). The molecule has 28 heavy (non-hydrogen) atoms. The number of hydrogen-bond donors (Lipinski definition) is 0. The van der Waals surface area contributed by atoms with Gasteiger partial charge in [-0.2, -0.15) is 0 Å². The lowest BCUT2D eigenvalue weighted by Gasteiger charge is -2.29. The first kappa shape index (κ1) is 19.3. The van der Waals surface area contributed by atoms with Crippen LogP contribution in [0.2, 0.25) is 0 Å². The van der Waals surface area contributed by atoms with Crippen LogP contribution in [0.15, 0.2) is 30.3 Å². The largest absolute Gasteiger partial charge is 0.493 e. The third-order valence-electron chi connectivity index (χ3n) is 6.00. The fourth-order valence-electron chi connectivity index (χ4n) is 4.13. The van der Waals surface area contributed by atoms with Crippen molar-refractivity contribution >= 4 is 0 Å². The minimum absolute atomic E-state index is 0.0289. The predicted molar refractivity (Wildman–Crippen MR) is 101 cm³/mol. The molecule has 0 amide bonds. The molecule has 150 valence electrons. The highest BCUT2D eigenvalue weighted by atomic mass is 19.2. The zero-order valence-electron chi connectivity index (χ0n) is 16.0. The summed E-state index contributed by atoms with van der Waals surface area (Å²) in [5, 5.41) is 0. The van der Waals surface area contributed by atoms with E-state index >= 15 is 0 Å². The molecule has 0 aromatic heterocycles. The van der Waals surface area contributed by atoms with E-state index in [9.17, 15) is 13.2 Å². The predicted octanol–water partition coefficient (Wildman–Crippen LogP) is 6.09. The fourth-order valence-corrected chi connectivity index (χ4v) is 4.13. The van der Waals surface area contributed by atoms with Gasteiger partial charge in [-0.25, -0.2) is 13.2 Å². The van der Waals surface area contributed by atoms with E-state index in [1.165, 1.54) is 6.07 Å². The fraction of sp³-hybridized carbons (Fsp3) is 0.478. The van der Waals surface area contributed by atoms with E-state index in [2.05, 4.69) is 0 Å². The van der Waals surface area contributed by atoms with Gasteiger partial charge in [-0.15, -0.1) is 0 Å². The third kappa shape index (κ3) is 4.04. The molecule has 2 aliphatic rings. The molecular weight excluding hydrogens is 365 g/mol. The van der Waals surface area contributed by atoms with Crippen LogP contribution in [0.25, 0.3) is 0 Å². The summed E-state index contributed by atoms with van der Waals surface area (Å²) < 4.78 is 53.5. The lowest BCUT2D eigenvalue weighted by molar-refractivity contribution is 0.198. The summed E-state index contributed by atoms with van der Waals surface area (Å²) in [5.41, 5.74) is 1.48. The Bertz CT molecular complexity index is 840. The quantitative estimate of drug-likeness (QED) is 0.557. The van der Waals surface area contributed by atoms with Gasteiger partial charge in [0.2, 0.25) is 0 Å². The van der Waals surface area contributed by atoms with Gasteiger partial charge in [0, 0.05) is 11.6 Å². The van der Waals surface area contributed by atoms with Gasteiger partial charge in [0.05, 0.1) is 13.2 Å². The van der Waals surface area contributed by atoms with Crippen molar-refractivity contribution in [1.29, 1.82) is 0 Å². The number of hydrogen-bond acceptors (Lipinski definition) is 2. The highest BCUT2D eigenvalue weighted by Gasteiger charge is 2.32. The Labute approximate surface area is 163 Å². The first-order valence-corrected chi connectivity index (χ1v) is 10.1. The van der Waals surface area contributed by atoms with Crippen molar-refractivity contribution in [3.63, 3.8) is 0 Å². The van der Waals surface area contributed by atoms with Crippen molar-refractivity contribution in [1.82, 2.24) is 0 Å². The molecule has 1 saturated heterocycles. The summed E-state index contributed by atoms with van der Waals surface area (Å²) in [6.07, 6.45) is 3.73. The highest BCUT2D eigenvalue weighted by molar-refractivity contribution is 5.32. The lowest BCUT2D eigenvalue weighted by Crippen LogP contribution is -2.20. The Balaban J connectivity index is 1.32. The molecule has 1 unspecified atom stereocenters. The monoisotopic (exact) mass is 390 g/mol. The number of epoxide rings is 1. The maximum absolute atomic E-state index is 14.5. The van der Waals surface area contributed by atoms with E-state index in [0.717, 1.165) is 25.7 Å². The molecule has 1 atom stereocenters. The van der Waals surface area contributed by atoms with Gasteiger partial charge in [0.1, 0.15) is 17.7 Å². The van der Waals surface area contributed by atoms with Gasteiger partial charge in [-0.3, -0.25) is 0 Å². The summed E-state index contributed by atoms with van der Waals surface area (Å²) in [5.74, 6) is -0.801. The summed E-state index contributed by atoms with van der Waals surface area (Å²) in [4.78, 5) is 0. The Kier molecular flexibility index (Phi) is 5.63. The van der Waals surface area contributed by atoms with E-state index < -0.39 is 11.6 Å². The van der Waals surface area contributed by atoms with Crippen molar-refractivity contribution < 1.29 is 22.6 Å². The smallest absolute Gasteiger partial charge is 0.165 e. The Hall–Kier alpha value is -2.01. The lowest BCUT2D eigenvalue weighted by atomic mass is 9.78. The Morgan fingerprint density at radius 3 is 2.29 bits per heavy atom. The maximum atomic E-state index is 14.5. The number of halogens is 3. The van der Waals surface area contributed by atoms with Gasteiger partial charge in [-0.1, -0.05) is 25.1 Å². The van der Waals surface area contributed by atoms with Crippen LogP contribution in [-0.2, 0) is 11.2 Å². The normalized spacial score (nSPS) is 24.2. The van der Waals surface area contributed by atoms with Crippen LogP contribution in [0.5, 0.6) is 5.75 Å². The van der Waals surface area contributed by atoms with Crippen molar-refractivity contribution in [3.05, 3.63) is 64.5 Å². The van der Waals surface area contributed by atoms with Crippen molar-refractivity contribution in [2.45, 2.75) is 51.0 Å². The zero-order chi connectivity index (χ0) is 19.7. The molecule has 1 saturated carbocycles. The Morgan fingerprint density at radius 2 is 1.64 bits per heavy atom. The van der Waals surface area contributed by atoms with Crippen LogP contribution < -0.4 is 4.74 Å². The van der Waals surface area contributed by atoms with Gasteiger partial charge in [-0.05, 0) is 61.1 Å².